The van der Waals surface area contributed by atoms with Crippen molar-refractivity contribution in [2.75, 3.05) is 0 Å². The summed E-state index contributed by atoms with van der Waals surface area (Å²) < 4.78 is 0. The van der Waals surface area contributed by atoms with Crippen LogP contribution in [0.5, 0.6) is 0 Å². The molecule has 1 aromatic carbocycles. The zero-order valence-electron chi connectivity index (χ0n) is 11.5. The molecule has 0 radical (unpaired) electrons. The highest BCUT2D eigenvalue weighted by Gasteiger charge is 2.24. The molecule has 0 aliphatic heterocycles. The molecule has 0 saturated carbocycles. The fourth-order valence-electron chi connectivity index (χ4n) is 1.62. The molecule has 4 nitrogen and oxygen atoms in total. The second-order valence-corrected chi connectivity index (χ2v) is 5.63. The third kappa shape index (κ3) is 4.12. The number of nitrogens with one attached hydrogen (secondary N) is 1. The Balaban J connectivity index is 2.76. The maximum atomic E-state index is 12.1. The summed E-state index contributed by atoms with van der Waals surface area (Å²) in [4.78, 5) is 23.0. The smallest absolute Gasteiger partial charge is 0.308 e. The third-order valence-corrected chi connectivity index (χ3v) is 4.09. The van der Waals surface area contributed by atoms with Gasteiger partial charge in [0.05, 0.1) is 21.9 Å². The van der Waals surface area contributed by atoms with Crippen molar-refractivity contribution in [2.45, 2.75) is 32.7 Å². The number of hydrogen-bond donors (Lipinski definition) is 2. The number of amides is 1. The summed E-state index contributed by atoms with van der Waals surface area (Å²) >= 11 is 11.7. The Kier molecular flexibility index (Phi) is 5.84. The number of aliphatic carboxylic acids is 1. The lowest BCUT2D eigenvalue weighted by Crippen LogP contribution is -2.41. The first kappa shape index (κ1) is 16.8. The lowest BCUT2D eigenvalue weighted by Gasteiger charge is -2.20. The van der Waals surface area contributed by atoms with Crippen molar-refractivity contribution in [2.24, 2.45) is 5.92 Å². The summed E-state index contributed by atoms with van der Waals surface area (Å²) in [5.74, 6) is -2.28. The van der Waals surface area contributed by atoms with E-state index in [2.05, 4.69) is 5.32 Å². The van der Waals surface area contributed by atoms with Crippen molar-refractivity contribution in [1.29, 1.82) is 0 Å². The maximum Gasteiger partial charge on any atom is 0.308 e. The van der Waals surface area contributed by atoms with Crippen LogP contribution in [0, 0.1) is 5.92 Å². The van der Waals surface area contributed by atoms with Gasteiger partial charge in [-0.15, -0.1) is 0 Å². The third-order valence-electron chi connectivity index (χ3n) is 3.35. The van der Waals surface area contributed by atoms with Crippen molar-refractivity contribution < 1.29 is 14.7 Å². The molecule has 0 heterocycles. The Morgan fingerprint density at radius 3 is 2.25 bits per heavy atom. The van der Waals surface area contributed by atoms with E-state index < -0.39 is 23.8 Å². The summed E-state index contributed by atoms with van der Waals surface area (Å²) in [5, 5.41) is 12.4. The molecule has 0 aliphatic carbocycles. The molecular weight excluding hydrogens is 301 g/mol. The number of benzene rings is 1. The molecule has 3 unspecified atom stereocenters. The normalized spacial score (nSPS) is 15.2. The van der Waals surface area contributed by atoms with Gasteiger partial charge in [-0.3, -0.25) is 9.59 Å². The van der Waals surface area contributed by atoms with Crippen LogP contribution in [0.25, 0.3) is 0 Å². The van der Waals surface area contributed by atoms with Crippen LogP contribution in [0.2, 0.25) is 10.0 Å². The van der Waals surface area contributed by atoms with Crippen molar-refractivity contribution >= 4 is 35.1 Å². The van der Waals surface area contributed by atoms with E-state index in [0.717, 1.165) is 5.56 Å². The number of rotatable bonds is 5. The fourth-order valence-corrected chi connectivity index (χ4v) is 1.93. The van der Waals surface area contributed by atoms with Crippen molar-refractivity contribution in [3.63, 3.8) is 0 Å². The molecule has 0 fully saturated rings. The highest BCUT2D eigenvalue weighted by molar-refractivity contribution is 6.42. The van der Waals surface area contributed by atoms with Crippen LogP contribution in [-0.4, -0.2) is 23.0 Å². The number of halogens is 2. The zero-order chi connectivity index (χ0) is 15.4. The van der Waals surface area contributed by atoms with E-state index in [4.69, 9.17) is 28.3 Å². The van der Waals surface area contributed by atoms with Gasteiger partial charge in [-0.2, -0.15) is 0 Å². The predicted octanol–water partition coefficient (Wildman–Crippen LogP) is 3.32. The summed E-state index contributed by atoms with van der Waals surface area (Å²) in [6.45, 7) is 4.95. The molecule has 20 heavy (non-hydrogen) atoms. The van der Waals surface area contributed by atoms with E-state index in [1.807, 2.05) is 0 Å². The van der Waals surface area contributed by atoms with Crippen LogP contribution >= 0.6 is 23.2 Å². The molecule has 0 spiro atoms. The van der Waals surface area contributed by atoms with Gasteiger partial charge in [0, 0.05) is 6.04 Å². The first-order chi connectivity index (χ1) is 9.23. The molecule has 6 heteroatoms. The minimum Gasteiger partial charge on any atom is -0.481 e. The highest BCUT2D eigenvalue weighted by Crippen LogP contribution is 2.26. The topological polar surface area (TPSA) is 66.4 Å². The van der Waals surface area contributed by atoms with Gasteiger partial charge in [0.2, 0.25) is 5.91 Å². The van der Waals surface area contributed by atoms with E-state index in [0.29, 0.717) is 10.0 Å². The molecule has 0 bridgehead atoms. The summed E-state index contributed by atoms with van der Waals surface area (Å²) in [5.41, 5.74) is 0.729. The quantitative estimate of drug-likeness (QED) is 0.875. The monoisotopic (exact) mass is 317 g/mol. The predicted molar refractivity (Wildman–Crippen MR) is 79.3 cm³/mol. The van der Waals surface area contributed by atoms with Crippen LogP contribution in [-0.2, 0) is 9.59 Å². The SMILES string of the molecule is CC(C(=O)NC(C)C(C)C(=O)O)c1ccc(Cl)c(Cl)c1. The minimum atomic E-state index is -0.944. The number of carboxylic acid groups (broad SMARTS) is 1. The molecule has 0 saturated heterocycles. The van der Waals surface area contributed by atoms with Crippen molar-refractivity contribution in [1.82, 2.24) is 5.32 Å². The number of carbonyl (C=O) groups excluding carboxylic acids is 1. The van der Waals surface area contributed by atoms with E-state index in [1.165, 1.54) is 0 Å². The average Bonchev–Trinajstić information content (AvgIpc) is 2.39. The molecular formula is C14H17Cl2NO3. The lowest BCUT2D eigenvalue weighted by molar-refractivity contribution is -0.142. The van der Waals surface area contributed by atoms with Gasteiger partial charge in [-0.1, -0.05) is 29.3 Å². The van der Waals surface area contributed by atoms with Gasteiger partial charge in [-0.25, -0.2) is 0 Å². The standard InChI is InChI=1S/C14H17Cl2NO3/c1-7(14(19)20)9(3)17-13(18)8(2)10-4-5-11(15)12(16)6-10/h4-9H,1-3H3,(H,17,18)(H,19,20). The molecule has 0 aromatic heterocycles. The minimum absolute atomic E-state index is 0.246. The van der Waals surface area contributed by atoms with E-state index in [9.17, 15) is 9.59 Å². The van der Waals surface area contributed by atoms with Crippen molar-refractivity contribution in [3.8, 4) is 0 Å². The van der Waals surface area contributed by atoms with Gasteiger partial charge in [0.15, 0.2) is 0 Å². The summed E-state index contributed by atoms with van der Waals surface area (Å²) in [6.07, 6.45) is 0. The van der Waals surface area contributed by atoms with Crippen LogP contribution in [0.15, 0.2) is 18.2 Å². The largest absolute Gasteiger partial charge is 0.481 e. The second-order valence-electron chi connectivity index (χ2n) is 4.82. The first-order valence-electron chi connectivity index (χ1n) is 6.22. The van der Waals surface area contributed by atoms with Crippen LogP contribution in [0.4, 0.5) is 0 Å². The van der Waals surface area contributed by atoms with Crippen LogP contribution < -0.4 is 5.32 Å². The van der Waals surface area contributed by atoms with Gasteiger partial charge in [0.1, 0.15) is 0 Å². The molecule has 1 aromatic rings. The summed E-state index contributed by atoms with van der Waals surface area (Å²) in [6, 6.07) is 4.54. The molecule has 1 amide bonds. The van der Waals surface area contributed by atoms with Crippen LogP contribution in [0.1, 0.15) is 32.3 Å². The van der Waals surface area contributed by atoms with Crippen molar-refractivity contribution in [3.05, 3.63) is 33.8 Å². The Morgan fingerprint density at radius 2 is 1.75 bits per heavy atom. The number of hydrogen-bond acceptors (Lipinski definition) is 2. The second kappa shape index (κ2) is 6.95. The fraction of sp³-hybridized carbons (Fsp3) is 0.429. The first-order valence-corrected chi connectivity index (χ1v) is 6.97. The Bertz CT molecular complexity index is 519. The number of carboxylic acids is 1. The molecule has 3 atom stereocenters. The van der Waals surface area contributed by atoms with Gasteiger partial charge < -0.3 is 10.4 Å². The van der Waals surface area contributed by atoms with E-state index in [1.54, 1.807) is 39.0 Å². The molecule has 1 rings (SSSR count). The Hall–Kier alpha value is -1.26. The Morgan fingerprint density at radius 1 is 1.15 bits per heavy atom. The molecule has 110 valence electrons. The Labute approximate surface area is 128 Å². The molecule has 2 N–H and O–H groups in total. The van der Waals surface area contributed by atoms with Crippen LogP contribution in [0.3, 0.4) is 0 Å². The van der Waals surface area contributed by atoms with Gasteiger partial charge in [-0.05, 0) is 38.5 Å². The van der Waals surface area contributed by atoms with Gasteiger partial charge >= 0.3 is 5.97 Å². The van der Waals surface area contributed by atoms with E-state index >= 15 is 0 Å². The van der Waals surface area contributed by atoms with E-state index in [-0.39, 0.29) is 5.91 Å². The average molecular weight is 318 g/mol. The number of carbonyl (C=O) groups is 2. The molecule has 0 aliphatic rings. The summed E-state index contributed by atoms with van der Waals surface area (Å²) in [7, 11) is 0. The van der Waals surface area contributed by atoms with Gasteiger partial charge in [0.25, 0.3) is 0 Å². The zero-order valence-corrected chi connectivity index (χ0v) is 13.0. The maximum absolute atomic E-state index is 12.1. The highest BCUT2D eigenvalue weighted by atomic mass is 35.5. The lowest BCUT2D eigenvalue weighted by atomic mass is 9.98.